The molecule has 1 aliphatic rings. The van der Waals surface area contributed by atoms with Crippen LogP contribution in [0.25, 0.3) is 10.2 Å². The van der Waals surface area contributed by atoms with Crippen molar-refractivity contribution >= 4 is 33.2 Å². The Bertz CT molecular complexity index is 1330. The van der Waals surface area contributed by atoms with Crippen molar-refractivity contribution in [3.05, 3.63) is 80.0 Å². The molecule has 1 aliphatic heterocycles. The Morgan fingerprint density at radius 2 is 1.97 bits per heavy atom. The van der Waals surface area contributed by atoms with E-state index in [0.717, 1.165) is 37.7 Å². The lowest BCUT2D eigenvalue weighted by atomic mass is 10.2. The Kier molecular flexibility index (Phi) is 4.60. The average Bonchev–Trinajstić information content (AvgIpc) is 3.33. The fraction of sp³-hybridized carbons (Fsp3) is 0.227. The number of benzene rings is 2. The van der Waals surface area contributed by atoms with Gasteiger partial charge in [0.2, 0.25) is 5.95 Å². The summed E-state index contributed by atoms with van der Waals surface area (Å²) in [5.41, 5.74) is 4.83. The first kappa shape index (κ1) is 18.9. The summed E-state index contributed by atoms with van der Waals surface area (Å²) in [7, 11) is 0. The van der Waals surface area contributed by atoms with Crippen LogP contribution in [-0.4, -0.2) is 14.5 Å². The molecule has 1 N–H and O–H groups in total. The van der Waals surface area contributed by atoms with Gasteiger partial charge < -0.3 is 14.6 Å². The first-order valence-corrected chi connectivity index (χ1v) is 10.4. The van der Waals surface area contributed by atoms with Crippen LogP contribution < -0.4 is 10.9 Å². The minimum absolute atomic E-state index is 0.260. The van der Waals surface area contributed by atoms with Gasteiger partial charge in [0.15, 0.2) is 0 Å². The van der Waals surface area contributed by atoms with Crippen molar-refractivity contribution < 1.29 is 9.13 Å². The Hall–Kier alpha value is -3.10. The lowest BCUT2D eigenvalue weighted by Crippen LogP contribution is -2.23. The number of nitrogens with zero attached hydrogens (tertiary/aromatic N) is 3. The van der Waals surface area contributed by atoms with Gasteiger partial charge in [-0.2, -0.15) is 4.98 Å². The molecule has 152 valence electrons. The molecular formula is C22H19FN4O2S. The van der Waals surface area contributed by atoms with E-state index in [1.165, 1.54) is 12.1 Å². The summed E-state index contributed by atoms with van der Waals surface area (Å²) in [4.78, 5) is 21.4. The largest absolute Gasteiger partial charge is 0.370 e. The van der Waals surface area contributed by atoms with E-state index in [1.807, 2.05) is 30.5 Å². The van der Waals surface area contributed by atoms with Gasteiger partial charge in [-0.05, 0) is 49.2 Å². The zero-order chi connectivity index (χ0) is 20.8. The zero-order valence-corrected chi connectivity index (χ0v) is 17.3. The molecule has 0 atom stereocenters. The molecule has 0 radical (unpaired) electrons. The van der Waals surface area contributed by atoms with Gasteiger partial charge in [-0.3, -0.25) is 4.79 Å². The molecule has 0 fully saturated rings. The van der Waals surface area contributed by atoms with Gasteiger partial charge in [-0.1, -0.05) is 12.1 Å². The lowest BCUT2D eigenvalue weighted by molar-refractivity contribution is 0.131. The molecule has 0 saturated carbocycles. The van der Waals surface area contributed by atoms with E-state index in [1.54, 1.807) is 23.5 Å². The van der Waals surface area contributed by atoms with Gasteiger partial charge in [0.1, 0.15) is 5.82 Å². The molecule has 2 aromatic carbocycles. The number of aryl methyl sites for hydroxylation is 2. The molecule has 6 nitrogen and oxygen atoms in total. The lowest BCUT2D eigenvalue weighted by Gasteiger charge is -2.18. The van der Waals surface area contributed by atoms with Crippen molar-refractivity contribution in [1.29, 1.82) is 0 Å². The van der Waals surface area contributed by atoms with E-state index in [2.05, 4.69) is 15.3 Å². The number of anilines is 2. The predicted molar refractivity (Wildman–Crippen MR) is 115 cm³/mol. The molecule has 3 heterocycles. The maximum atomic E-state index is 13.3. The monoisotopic (exact) mass is 422 g/mol. The van der Waals surface area contributed by atoms with Crippen LogP contribution in [0, 0.1) is 19.7 Å². The van der Waals surface area contributed by atoms with Crippen molar-refractivity contribution in [1.82, 2.24) is 14.5 Å². The Labute approximate surface area is 176 Å². The second-order valence-electron chi connectivity index (χ2n) is 7.36. The number of fused-ring (bicyclic) bond motifs is 2. The van der Waals surface area contributed by atoms with Crippen molar-refractivity contribution in [2.45, 2.75) is 33.6 Å². The van der Waals surface area contributed by atoms with E-state index in [0.29, 0.717) is 24.7 Å². The summed E-state index contributed by atoms with van der Waals surface area (Å²) in [6, 6.07) is 10.4. The number of aromatic nitrogens is 3. The molecule has 30 heavy (non-hydrogen) atoms. The van der Waals surface area contributed by atoms with Crippen LogP contribution in [0.4, 0.5) is 16.0 Å². The van der Waals surface area contributed by atoms with E-state index < -0.39 is 0 Å². The summed E-state index contributed by atoms with van der Waals surface area (Å²) < 4.78 is 21.9. The van der Waals surface area contributed by atoms with Gasteiger partial charge in [0, 0.05) is 5.69 Å². The molecule has 0 bridgehead atoms. The normalized spacial score (nSPS) is 13.0. The van der Waals surface area contributed by atoms with Crippen LogP contribution in [0.5, 0.6) is 0 Å². The van der Waals surface area contributed by atoms with Crippen LogP contribution in [0.3, 0.4) is 0 Å². The van der Waals surface area contributed by atoms with Crippen LogP contribution in [0.2, 0.25) is 0 Å². The summed E-state index contributed by atoms with van der Waals surface area (Å²) in [6.07, 6.45) is 0. The third kappa shape index (κ3) is 3.38. The molecule has 0 spiro atoms. The molecular weight excluding hydrogens is 403 g/mol. The molecule has 0 aliphatic carbocycles. The Morgan fingerprint density at radius 3 is 2.77 bits per heavy atom. The van der Waals surface area contributed by atoms with Gasteiger partial charge in [0.05, 0.1) is 46.2 Å². The summed E-state index contributed by atoms with van der Waals surface area (Å²) in [5.74, 6) is 0.157. The summed E-state index contributed by atoms with van der Waals surface area (Å²) >= 11 is 1.62. The number of ether oxygens (including phenoxy) is 1. The van der Waals surface area contributed by atoms with E-state index in [-0.39, 0.29) is 18.0 Å². The van der Waals surface area contributed by atoms with Gasteiger partial charge >= 0.3 is 0 Å². The third-order valence-electron chi connectivity index (χ3n) is 5.22. The Morgan fingerprint density at radius 1 is 1.17 bits per heavy atom. The minimum Gasteiger partial charge on any atom is -0.370 e. The highest BCUT2D eigenvalue weighted by molar-refractivity contribution is 7.18. The van der Waals surface area contributed by atoms with Gasteiger partial charge in [-0.25, -0.2) is 9.37 Å². The van der Waals surface area contributed by atoms with Crippen molar-refractivity contribution in [2.24, 2.45) is 0 Å². The Balaban J connectivity index is 1.61. The van der Waals surface area contributed by atoms with Crippen LogP contribution >= 0.6 is 11.3 Å². The molecule has 5 rings (SSSR count). The highest BCUT2D eigenvalue weighted by Gasteiger charge is 2.23. The number of nitrogens with one attached hydrogen (secondary N) is 1. The van der Waals surface area contributed by atoms with Crippen LogP contribution in [0.15, 0.2) is 41.2 Å². The molecule has 0 amide bonds. The predicted octanol–water partition coefficient (Wildman–Crippen LogP) is 4.43. The second-order valence-corrected chi connectivity index (χ2v) is 8.60. The first-order chi connectivity index (χ1) is 14.5. The quantitative estimate of drug-likeness (QED) is 0.527. The maximum absolute atomic E-state index is 13.3. The standard InChI is InChI=1S/C22H19FN4O2S/c1-12-7-18-20(30-13(2)24-18)8-17(12)25-22-26-21(28)16-10-29-11-19(16)27(22)9-14-3-5-15(23)6-4-14/h3-8H,9-11H2,1-2H3,(H,25,26,28). The summed E-state index contributed by atoms with van der Waals surface area (Å²) in [6.45, 7) is 5.03. The third-order valence-corrected chi connectivity index (χ3v) is 6.16. The van der Waals surface area contributed by atoms with Crippen molar-refractivity contribution in [2.75, 3.05) is 5.32 Å². The zero-order valence-electron chi connectivity index (χ0n) is 16.5. The van der Waals surface area contributed by atoms with Crippen LogP contribution in [-0.2, 0) is 24.5 Å². The van der Waals surface area contributed by atoms with Crippen molar-refractivity contribution in [3.63, 3.8) is 0 Å². The molecule has 0 saturated heterocycles. The summed E-state index contributed by atoms with van der Waals surface area (Å²) in [5, 5.41) is 4.35. The molecule has 2 aromatic heterocycles. The average molecular weight is 422 g/mol. The van der Waals surface area contributed by atoms with E-state index in [4.69, 9.17) is 4.74 Å². The second kappa shape index (κ2) is 7.30. The highest BCUT2D eigenvalue weighted by Crippen LogP contribution is 2.30. The SMILES string of the molecule is Cc1nc2cc(C)c(Nc3nc(=O)c4c(n3Cc3ccc(F)cc3)COC4)cc2s1. The van der Waals surface area contributed by atoms with E-state index in [9.17, 15) is 9.18 Å². The first-order valence-electron chi connectivity index (χ1n) is 9.57. The van der Waals surface area contributed by atoms with Gasteiger partial charge in [-0.15, -0.1) is 11.3 Å². The van der Waals surface area contributed by atoms with E-state index >= 15 is 0 Å². The van der Waals surface area contributed by atoms with Crippen LogP contribution in [0.1, 0.15) is 27.4 Å². The topological polar surface area (TPSA) is 69.0 Å². The number of hydrogen-bond donors (Lipinski definition) is 1. The van der Waals surface area contributed by atoms with Gasteiger partial charge in [0.25, 0.3) is 5.56 Å². The number of halogens is 1. The molecule has 8 heteroatoms. The molecule has 0 unspecified atom stereocenters. The molecule has 4 aromatic rings. The minimum atomic E-state index is -0.285. The fourth-order valence-corrected chi connectivity index (χ4v) is 4.53. The van der Waals surface area contributed by atoms with Crippen molar-refractivity contribution in [3.8, 4) is 0 Å². The highest BCUT2D eigenvalue weighted by atomic mass is 32.1. The number of hydrogen-bond acceptors (Lipinski definition) is 6. The number of rotatable bonds is 4. The fourth-order valence-electron chi connectivity index (χ4n) is 3.68. The number of thiazole rings is 1. The maximum Gasteiger partial charge on any atom is 0.280 e. The smallest absolute Gasteiger partial charge is 0.280 e.